The number of hydrogen-bond donors (Lipinski definition) is 3. The van der Waals surface area contributed by atoms with Gasteiger partial charge in [0.05, 0.1) is 22.4 Å². The first kappa shape index (κ1) is 10.0. The van der Waals surface area contributed by atoms with Crippen LogP contribution in [-0.4, -0.2) is 9.97 Å². The molecule has 1 heterocycles. The quantitative estimate of drug-likeness (QED) is 0.508. The zero-order valence-corrected chi connectivity index (χ0v) is 9.47. The highest BCUT2D eigenvalue weighted by Gasteiger charge is 2.12. The number of hydrogen-bond acceptors (Lipinski definition) is 5. The average Bonchev–Trinajstić information content (AvgIpc) is 2.27. The van der Waals surface area contributed by atoms with Crippen LogP contribution in [0.1, 0.15) is 11.1 Å². The van der Waals surface area contributed by atoms with E-state index in [1.165, 1.54) is 0 Å². The molecule has 0 atom stereocenters. The molecule has 1 aromatic heterocycles. The summed E-state index contributed by atoms with van der Waals surface area (Å²) < 4.78 is 2.80. The third-order valence-corrected chi connectivity index (χ3v) is 2.79. The zero-order chi connectivity index (χ0) is 11.0. The molecule has 0 aliphatic rings. The summed E-state index contributed by atoms with van der Waals surface area (Å²) in [5.74, 6) is 0. The minimum Gasteiger partial charge on any atom is -0.397 e. The van der Waals surface area contributed by atoms with Gasteiger partial charge in [-0.15, -0.1) is 0 Å². The fourth-order valence-corrected chi connectivity index (χ4v) is 1.95. The SMILES string of the molecule is Cc1c(N)c(NS)c(C)c2nccnc12. The lowest BCUT2D eigenvalue weighted by Gasteiger charge is -2.13. The molecule has 0 aliphatic heterocycles. The molecular formula is C10H12N4S. The first-order valence-electron chi connectivity index (χ1n) is 4.56. The lowest BCUT2D eigenvalue weighted by molar-refractivity contribution is 1.26. The predicted octanol–water partition coefficient (Wildman–Crippen LogP) is 2.09. The van der Waals surface area contributed by atoms with E-state index in [1.807, 2.05) is 13.8 Å². The van der Waals surface area contributed by atoms with Crippen molar-refractivity contribution >= 4 is 35.2 Å². The van der Waals surface area contributed by atoms with Crippen LogP contribution in [0.15, 0.2) is 12.4 Å². The van der Waals surface area contributed by atoms with Gasteiger partial charge in [-0.1, -0.05) is 12.8 Å². The van der Waals surface area contributed by atoms with Gasteiger partial charge in [0.2, 0.25) is 0 Å². The number of nitrogen functional groups attached to an aromatic ring is 1. The van der Waals surface area contributed by atoms with Crippen LogP contribution in [0.2, 0.25) is 0 Å². The maximum atomic E-state index is 5.98. The predicted molar refractivity (Wildman–Crippen MR) is 66.0 cm³/mol. The van der Waals surface area contributed by atoms with E-state index in [2.05, 4.69) is 27.5 Å². The number of thiol groups is 1. The molecule has 0 fully saturated rings. The Kier molecular flexibility index (Phi) is 2.40. The van der Waals surface area contributed by atoms with E-state index in [1.54, 1.807) is 12.4 Å². The van der Waals surface area contributed by atoms with Gasteiger partial charge in [-0.3, -0.25) is 9.97 Å². The summed E-state index contributed by atoms with van der Waals surface area (Å²) in [4.78, 5) is 8.58. The van der Waals surface area contributed by atoms with Crippen molar-refractivity contribution < 1.29 is 0 Å². The molecule has 0 spiro atoms. The average molecular weight is 220 g/mol. The van der Waals surface area contributed by atoms with Crippen LogP contribution in [0, 0.1) is 13.8 Å². The fourth-order valence-electron chi connectivity index (χ4n) is 1.67. The molecule has 2 aromatic rings. The van der Waals surface area contributed by atoms with Crippen molar-refractivity contribution in [3.63, 3.8) is 0 Å². The van der Waals surface area contributed by atoms with Gasteiger partial charge < -0.3 is 10.5 Å². The first-order valence-corrected chi connectivity index (χ1v) is 5.01. The van der Waals surface area contributed by atoms with Gasteiger partial charge in [0.15, 0.2) is 0 Å². The van der Waals surface area contributed by atoms with Gasteiger partial charge in [-0.25, -0.2) is 0 Å². The topological polar surface area (TPSA) is 63.8 Å². The molecule has 0 bridgehead atoms. The second-order valence-corrected chi connectivity index (χ2v) is 3.63. The Labute approximate surface area is 93.5 Å². The van der Waals surface area contributed by atoms with Crippen LogP contribution in [0.3, 0.4) is 0 Å². The Morgan fingerprint density at radius 3 is 2.20 bits per heavy atom. The Morgan fingerprint density at radius 2 is 1.67 bits per heavy atom. The maximum absolute atomic E-state index is 5.98. The summed E-state index contributed by atoms with van der Waals surface area (Å²) in [5.41, 5.74) is 11.1. The zero-order valence-electron chi connectivity index (χ0n) is 8.57. The molecule has 5 heteroatoms. The number of rotatable bonds is 1. The highest BCUT2D eigenvalue weighted by Crippen LogP contribution is 2.33. The van der Waals surface area contributed by atoms with Crippen LogP contribution >= 0.6 is 12.8 Å². The molecule has 0 amide bonds. The Morgan fingerprint density at radius 1 is 1.13 bits per heavy atom. The van der Waals surface area contributed by atoms with Gasteiger partial charge >= 0.3 is 0 Å². The highest BCUT2D eigenvalue weighted by molar-refractivity contribution is 7.81. The highest BCUT2D eigenvalue weighted by atomic mass is 32.1. The van der Waals surface area contributed by atoms with Crippen molar-refractivity contribution in [1.29, 1.82) is 0 Å². The van der Waals surface area contributed by atoms with Crippen LogP contribution in [0.4, 0.5) is 11.4 Å². The summed E-state index contributed by atoms with van der Waals surface area (Å²) in [6.07, 6.45) is 3.34. The fraction of sp³-hybridized carbons (Fsp3) is 0.200. The minimum absolute atomic E-state index is 0.676. The van der Waals surface area contributed by atoms with E-state index in [9.17, 15) is 0 Å². The van der Waals surface area contributed by atoms with Crippen LogP contribution < -0.4 is 10.5 Å². The molecule has 0 saturated carbocycles. The summed E-state index contributed by atoms with van der Waals surface area (Å²) >= 11 is 4.04. The standard InChI is InChI=1S/C10H12N4S/c1-5-7(11)8(14-15)6(2)10-9(5)12-3-4-13-10/h3-4,14-15H,11H2,1-2H3. The van der Waals surface area contributed by atoms with Crippen LogP contribution in [0.25, 0.3) is 11.0 Å². The minimum atomic E-state index is 0.676. The van der Waals surface area contributed by atoms with Crippen molar-refractivity contribution in [2.24, 2.45) is 0 Å². The lowest BCUT2D eigenvalue weighted by atomic mass is 10.1. The molecule has 0 saturated heterocycles. The van der Waals surface area contributed by atoms with Gasteiger partial charge in [0.1, 0.15) is 0 Å². The Bertz CT molecular complexity index is 524. The largest absolute Gasteiger partial charge is 0.397 e. The van der Waals surface area contributed by atoms with Crippen LogP contribution in [-0.2, 0) is 0 Å². The van der Waals surface area contributed by atoms with E-state index in [-0.39, 0.29) is 0 Å². The van der Waals surface area contributed by atoms with Gasteiger partial charge in [0.25, 0.3) is 0 Å². The number of aromatic nitrogens is 2. The third-order valence-electron chi connectivity index (χ3n) is 2.57. The summed E-state index contributed by atoms with van der Waals surface area (Å²) in [6, 6.07) is 0. The molecule has 78 valence electrons. The second kappa shape index (κ2) is 3.58. The molecule has 3 N–H and O–H groups in total. The summed E-state index contributed by atoms with van der Waals surface area (Å²) in [5, 5.41) is 0. The van der Waals surface area contributed by atoms with Gasteiger partial charge in [-0.2, -0.15) is 0 Å². The molecule has 0 unspecified atom stereocenters. The molecule has 0 aliphatic carbocycles. The summed E-state index contributed by atoms with van der Waals surface area (Å²) in [6.45, 7) is 3.88. The van der Waals surface area contributed by atoms with Crippen LogP contribution in [0.5, 0.6) is 0 Å². The first-order chi connectivity index (χ1) is 7.16. The molecule has 0 radical (unpaired) electrons. The number of aryl methyl sites for hydroxylation is 2. The van der Waals surface area contributed by atoms with E-state index < -0.39 is 0 Å². The van der Waals surface area contributed by atoms with Crippen molar-refractivity contribution in [2.75, 3.05) is 10.5 Å². The Hall–Kier alpha value is -1.49. The molecule has 4 nitrogen and oxygen atoms in total. The normalized spacial score (nSPS) is 10.6. The third kappa shape index (κ3) is 1.39. The van der Waals surface area contributed by atoms with Gasteiger partial charge in [0, 0.05) is 23.5 Å². The van der Waals surface area contributed by atoms with Crippen molar-refractivity contribution in [3.05, 3.63) is 23.5 Å². The molecule has 2 rings (SSSR count). The molecule has 1 aromatic carbocycles. The number of fused-ring (bicyclic) bond motifs is 1. The number of nitrogens with zero attached hydrogens (tertiary/aromatic N) is 2. The van der Waals surface area contributed by atoms with Crippen molar-refractivity contribution in [1.82, 2.24) is 9.97 Å². The van der Waals surface area contributed by atoms with Crippen molar-refractivity contribution in [3.8, 4) is 0 Å². The van der Waals surface area contributed by atoms with E-state index >= 15 is 0 Å². The number of benzene rings is 1. The maximum Gasteiger partial charge on any atom is 0.0941 e. The Balaban J connectivity index is 2.96. The number of nitrogens with two attached hydrogens (primary N) is 1. The van der Waals surface area contributed by atoms with Crippen molar-refractivity contribution in [2.45, 2.75) is 13.8 Å². The smallest absolute Gasteiger partial charge is 0.0941 e. The summed E-state index contributed by atoms with van der Waals surface area (Å²) in [7, 11) is 0. The van der Waals surface area contributed by atoms with Gasteiger partial charge in [-0.05, 0) is 13.8 Å². The van der Waals surface area contributed by atoms with E-state index in [0.717, 1.165) is 27.8 Å². The number of nitrogens with one attached hydrogen (secondary N) is 1. The lowest BCUT2D eigenvalue weighted by Crippen LogP contribution is -2.01. The monoisotopic (exact) mass is 220 g/mol. The van der Waals surface area contributed by atoms with E-state index in [0.29, 0.717) is 5.69 Å². The van der Waals surface area contributed by atoms with E-state index in [4.69, 9.17) is 5.73 Å². The number of anilines is 2. The molecular weight excluding hydrogens is 208 g/mol. The molecule has 15 heavy (non-hydrogen) atoms. The second-order valence-electron chi connectivity index (χ2n) is 3.40.